The summed E-state index contributed by atoms with van der Waals surface area (Å²) < 4.78 is 2.30. The summed E-state index contributed by atoms with van der Waals surface area (Å²) in [5.41, 5.74) is 3.07. The maximum Gasteiger partial charge on any atom is 0.160 e. The second-order valence-electron chi connectivity index (χ2n) is 4.91. The summed E-state index contributed by atoms with van der Waals surface area (Å²) in [5.74, 6) is 2.44. The lowest BCUT2D eigenvalue weighted by molar-refractivity contribution is 0.659. The van der Waals surface area contributed by atoms with Crippen molar-refractivity contribution in [3.63, 3.8) is 0 Å². The smallest absolute Gasteiger partial charge is 0.160 e. The van der Waals surface area contributed by atoms with E-state index in [2.05, 4.69) is 27.5 Å². The number of hydrogen-bond donors (Lipinski definition) is 0. The Balaban J connectivity index is 2.18. The van der Waals surface area contributed by atoms with Crippen molar-refractivity contribution in [3.8, 4) is 0 Å². The molecular formula is C13H16ClN3. The Kier molecular flexibility index (Phi) is 2.58. The van der Waals surface area contributed by atoms with E-state index in [0.717, 1.165) is 35.0 Å². The van der Waals surface area contributed by atoms with E-state index in [4.69, 9.17) is 11.6 Å². The summed E-state index contributed by atoms with van der Waals surface area (Å²) in [5, 5.41) is 0. The maximum absolute atomic E-state index is 5.85. The fraction of sp³-hybridized carbons (Fsp3) is 0.538. The number of rotatable bonds is 3. The molecule has 0 N–H and O–H groups in total. The van der Waals surface area contributed by atoms with Crippen molar-refractivity contribution in [3.05, 3.63) is 23.7 Å². The molecule has 1 aliphatic rings. The van der Waals surface area contributed by atoms with Crippen LogP contribution in [0.1, 0.15) is 30.9 Å². The molecule has 90 valence electrons. The summed E-state index contributed by atoms with van der Waals surface area (Å²) in [7, 11) is 0. The predicted molar refractivity (Wildman–Crippen MR) is 69.5 cm³/mol. The van der Waals surface area contributed by atoms with Crippen LogP contribution in [0.4, 0.5) is 0 Å². The van der Waals surface area contributed by atoms with Crippen LogP contribution in [0, 0.1) is 12.8 Å². The number of aryl methyl sites for hydroxylation is 2. The first-order valence-corrected chi connectivity index (χ1v) is 6.64. The van der Waals surface area contributed by atoms with Crippen LogP contribution in [0.3, 0.4) is 0 Å². The van der Waals surface area contributed by atoms with Crippen molar-refractivity contribution in [2.24, 2.45) is 5.92 Å². The molecule has 0 aliphatic heterocycles. The second kappa shape index (κ2) is 3.98. The molecule has 0 radical (unpaired) electrons. The molecule has 0 saturated heterocycles. The standard InChI is InChI=1S/C13H16ClN3/c1-8-7-11(8)17-12(5-6-14)16-10-4-3-9(2)15-13(10)17/h3-4,8,11H,5-7H2,1-2H3. The Bertz CT molecular complexity index is 561. The van der Waals surface area contributed by atoms with Gasteiger partial charge >= 0.3 is 0 Å². The van der Waals surface area contributed by atoms with Gasteiger partial charge in [0.05, 0.1) is 0 Å². The monoisotopic (exact) mass is 249 g/mol. The van der Waals surface area contributed by atoms with Crippen molar-refractivity contribution in [1.29, 1.82) is 0 Å². The van der Waals surface area contributed by atoms with Gasteiger partial charge < -0.3 is 4.57 Å². The van der Waals surface area contributed by atoms with Gasteiger partial charge in [-0.2, -0.15) is 0 Å². The molecule has 0 aromatic carbocycles. The van der Waals surface area contributed by atoms with E-state index >= 15 is 0 Å². The lowest BCUT2D eigenvalue weighted by Crippen LogP contribution is -2.04. The van der Waals surface area contributed by atoms with Crippen molar-refractivity contribution in [2.45, 2.75) is 32.7 Å². The molecule has 4 heteroatoms. The normalized spacial score (nSPS) is 23.2. The van der Waals surface area contributed by atoms with Gasteiger partial charge in [-0.3, -0.25) is 0 Å². The molecule has 2 unspecified atom stereocenters. The number of alkyl halides is 1. The van der Waals surface area contributed by atoms with Crippen molar-refractivity contribution in [2.75, 3.05) is 5.88 Å². The van der Waals surface area contributed by atoms with E-state index in [-0.39, 0.29) is 0 Å². The molecule has 2 heterocycles. The Morgan fingerprint density at radius 1 is 1.41 bits per heavy atom. The molecule has 1 saturated carbocycles. The minimum absolute atomic E-state index is 0.576. The number of imidazole rings is 1. The largest absolute Gasteiger partial charge is 0.309 e. The Morgan fingerprint density at radius 2 is 2.18 bits per heavy atom. The van der Waals surface area contributed by atoms with Crippen LogP contribution >= 0.6 is 11.6 Å². The molecule has 1 aliphatic carbocycles. The van der Waals surface area contributed by atoms with Crippen molar-refractivity contribution < 1.29 is 0 Å². The maximum atomic E-state index is 5.85. The van der Waals surface area contributed by atoms with Crippen LogP contribution in [0.5, 0.6) is 0 Å². The van der Waals surface area contributed by atoms with Crippen LogP contribution in [0.2, 0.25) is 0 Å². The van der Waals surface area contributed by atoms with Crippen LogP contribution in [0.15, 0.2) is 12.1 Å². The average molecular weight is 250 g/mol. The molecule has 17 heavy (non-hydrogen) atoms. The predicted octanol–water partition coefficient (Wildman–Crippen LogP) is 3.10. The Morgan fingerprint density at radius 3 is 2.82 bits per heavy atom. The molecule has 2 atom stereocenters. The summed E-state index contributed by atoms with van der Waals surface area (Å²) in [6, 6.07) is 4.65. The van der Waals surface area contributed by atoms with E-state index in [0.29, 0.717) is 11.9 Å². The van der Waals surface area contributed by atoms with E-state index in [9.17, 15) is 0 Å². The molecule has 2 aromatic heterocycles. The van der Waals surface area contributed by atoms with Crippen LogP contribution in [0.25, 0.3) is 11.2 Å². The zero-order valence-electron chi connectivity index (χ0n) is 10.2. The summed E-state index contributed by atoms with van der Waals surface area (Å²) >= 11 is 5.85. The van der Waals surface area contributed by atoms with Gasteiger partial charge in [-0.05, 0) is 31.4 Å². The van der Waals surface area contributed by atoms with E-state index in [1.165, 1.54) is 6.42 Å². The van der Waals surface area contributed by atoms with Gasteiger partial charge in [0.25, 0.3) is 0 Å². The van der Waals surface area contributed by atoms with Gasteiger partial charge in [-0.15, -0.1) is 11.6 Å². The van der Waals surface area contributed by atoms with Gasteiger partial charge in [0.1, 0.15) is 11.3 Å². The minimum atomic E-state index is 0.576. The highest BCUT2D eigenvalue weighted by molar-refractivity contribution is 6.17. The number of fused-ring (bicyclic) bond motifs is 1. The average Bonchev–Trinajstić information content (AvgIpc) is 2.89. The van der Waals surface area contributed by atoms with Crippen molar-refractivity contribution >= 4 is 22.8 Å². The van der Waals surface area contributed by atoms with E-state index in [1.54, 1.807) is 0 Å². The number of halogens is 1. The van der Waals surface area contributed by atoms with Gasteiger partial charge in [0.2, 0.25) is 0 Å². The SMILES string of the molecule is Cc1ccc2nc(CCCl)n(C3CC3C)c2n1. The minimum Gasteiger partial charge on any atom is -0.309 e. The second-order valence-corrected chi connectivity index (χ2v) is 5.29. The highest BCUT2D eigenvalue weighted by Crippen LogP contribution is 2.44. The summed E-state index contributed by atoms with van der Waals surface area (Å²) in [6.07, 6.45) is 2.05. The first-order valence-electron chi connectivity index (χ1n) is 6.11. The zero-order chi connectivity index (χ0) is 12.0. The molecule has 0 bridgehead atoms. The Labute approximate surface area is 106 Å². The van der Waals surface area contributed by atoms with E-state index in [1.807, 2.05) is 13.0 Å². The number of hydrogen-bond acceptors (Lipinski definition) is 2. The van der Waals surface area contributed by atoms with Crippen molar-refractivity contribution in [1.82, 2.24) is 14.5 Å². The van der Waals surface area contributed by atoms with Gasteiger partial charge in [-0.25, -0.2) is 9.97 Å². The number of nitrogens with zero attached hydrogens (tertiary/aromatic N) is 3. The lowest BCUT2D eigenvalue weighted by atomic mass is 10.3. The molecule has 1 fully saturated rings. The molecule has 3 rings (SSSR count). The zero-order valence-corrected chi connectivity index (χ0v) is 10.9. The molecular weight excluding hydrogens is 234 g/mol. The van der Waals surface area contributed by atoms with Gasteiger partial charge in [-0.1, -0.05) is 6.92 Å². The quantitative estimate of drug-likeness (QED) is 0.783. The highest BCUT2D eigenvalue weighted by Gasteiger charge is 2.37. The lowest BCUT2D eigenvalue weighted by Gasteiger charge is -2.06. The summed E-state index contributed by atoms with van der Waals surface area (Å²) in [4.78, 5) is 9.29. The van der Waals surface area contributed by atoms with Gasteiger partial charge in [0.15, 0.2) is 5.65 Å². The van der Waals surface area contributed by atoms with Crippen LogP contribution in [-0.2, 0) is 6.42 Å². The molecule has 2 aromatic rings. The first-order chi connectivity index (χ1) is 8.20. The third-order valence-electron chi connectivity index (χ3n) is 3.47. The van der Waals surface area contributed by atoms with E-state index < -0.39 is 0 Å². The highest BCUT2D eigenvalue weighted by atomic mass is 35.5. The molecule has 0 amide bonds. The van der Waals surface area contributed by atoms with Crippen LogP contribution in [-0.4, -0.2) is 20.4 Å². The number of aromatic nitrogens is 3. The Hall–Kier alpha value is -1.09. The third-order valence-corrected chi connectivity index (χ3v) is 3.66. The topological polar surface area (TPSA) is 30.7 Å². The molecule has 3 nitrogen and oxygen atoms in total. The fourth-order valence-electron chi connectivity index (χ4n) is 2.39. The first kappa shape index (κ1) is 11.0. The number of pyridine rings is 1. The third kappa shape index (κ3) is 1.82. The molecule has 0 spiro atoms. The van der Waals surface area contributed by atoms with Crippen LogP contribution < -0.4 is 0 Å². The summed E-state index contributed by atoms with van der Waals surface area (Å²) in [6.45, 7) is 4.30. The van der Waals surface area contributed by atoms with Gasteiger partial charge in [0, 0.05) is 24.0 Å². The fourth-order valence-corrected chi connectivity index (χ4v) is 2.56.